The zero-order valence-corrected chi connectivity index (χ0v) is 18.9. The molecule has 2 N–H and O–H groups in total. The lowest BCUT2D eigenvalue weighted by Gasteiger charge is -2.16. The number of anilines is 3. The van der Waals surface area contributed by atoms with Crippen LogP contribution in [0.4, 0.5) is 30.6 Å². The molecule has 1 saturated carbocycles. The van der Waals surface area contributed by atoms with E-state index in [0.29, 0.717) is 23.0 Å². The maximum absolute atomic E-state index is 12.7. The molecule has 1 aromatic heterocycles. The van der Waals surface area contributed by atoms with E-state index >= 15 is 0 Å². The minimum atomic E-state index is -4.76. The number of alkyl halides is 3. The third-order valence-electron chi connectivity index (χ3n) is 5.31. The molecule has 0 saturated heterocycles. The van der Waals surface area contributed by atoms with Gasteiger partial charge in [-0.1, -0.05) is 47.0 Å². The molecule has 5 nitrogen and oxygen atoms in total. The number of benzene rings is 2. The van der Waals surface area contributed by atoms with E-state index in [0.717, 1.165) is 41.4 Å². The lowest BCUT2D eigenvalue weighted by Crippen LogP contribution is -2.17. The summed E-state index contributed by atoms with van der Waals surface area (Å²) < 4.78 is 43.0. The number of rotatable bonds is 6. The highest BCUT2D eigenvalue weighted by molar-refractivity contribution is 9.10. The van der Waals surface area contributed by atoms with Crippen molar-refractivity contribution in [3.05, 3.63) is 58.6 Å². The molecule has 0 unspecified atom stereocenters. The summed E-state index contributed by atoms with van der Waals surface area (Å²) in [6.45, 7) is 1.98. The number of hydrogen-bond acceptors (Lipinski definition) is 5. The van der Waals surface area contributed by atoms with Gasteiger partial charge in [-0.2, -0.15) is 4.98 Å². The second-order valence-corrected chi connectivity index (χ2v) is 8.56. The molecule has 9 heteroatoms. The van der Waals surface area contributed by atoms with E-state index < -0.39 is 6.36 Å². The quantitative estimate of drug-likeness (QED) is 0.369. The Kier molecular flexibility index (Phi) is 6.55. The van der Waals surface area contributed by atoms with Crippen LogP contribution in [0, 0.1) is 6.92 Å². The van der Waals surface area contributed by atoms with E-state index in [9.17, 15) is 13.2 Å². The summed E-state index contributed by atoms with van der Waals surface area (Å²) in [4.78, 5) is 9.19. The Labute approximate surface area is 192 Å². The zero-order chi connectivity index (χ0) is 22.7. The van der Waals surface area contributed by atoms with E-state index in [2.05, 4.69) is 41.3 Å². The van der Waals surface area contributed by atoms with Gasteiger partial charge >= 0.3 is 6.36 Å². The van der Waals surface area contributed by atoms with Crippen molar-refractivity contribution in [2.45, 2.75) is 45.0 Å². The molecule has 1 fully saturated rings. The summed E-state index contributed by atoms with van der Waals surface area (Å²) in [5.74, 6) is 0.682. The van der Waals surface area contributed by atoms with Crippen LogP contribution < -0.4 is 15.4 Å². The van der Waals surface area contributed by atoms with Gasteiger partial charge in [-0.15, -0.1) is 13.2 Å². The predicted octanol–water partition coefficient (Wildman–Crippen LogP) is 7.21. The first-order valence-corrected chi connectivity index (χ1v) is 11.1. The van der Waals surface area contributed by atoms with Crippen LogP contribution in [0.1, 0.15) is 31.2 Å². The lowest BCUT2D eigenvalue weighted by atomic mass is 10.1. The van der Waals surface area contributed by atoms with Gasteiger partial charge in [0.25, 0.3) is 0 Å². The van der Waals surface area contributed by atoms with Crippen LogP contribution in [-0.4, -0.2) is 22.4 Å². The average molecular weight is 507 g/mol. The molecular weight excluding hydrogens is 485 g/mol. The average Bonchev–Trinajstić information content (AvgIpc) is 3.23. The monoisotopic (exact) mass is 506 g/mol. The maximum Gasteiger partial charge on any atom is 0.573 e. The molecule has 0 spiro atoms. The smallest absolute Gasteiger partial charge is 0.406 e. The molecule has 0 amide bonds. The third-order valence-corrected chi connectivity index (χ3v) is 6.17. The van der Waals surface area contributed by atoms with Gasteiger partial charge in [0.1, 0.15) is 11.6 Å². The van der Waals surface area contributed by atoms with Crippen molar-refractivity contribution in [2.75, 3.05) is 10.6 Å². The van der Waals surface area contributed by atoms with Gasteiger partial charge in [-0.05, 0) is 49.6 Å². The number of ether oxygens (including phenoxy) is 1. The van der Waals surface area contributed by atoms with E-state index in [1.165, 1.54) is 18.2 Å². The summed E-state index contributed by atoms with van der Waals surface area (Å²) in [6.07, 6.45) is -0.385. The summed E-state index contributed by atoms with van der Waals surface area (Å²) in [5, 5.41) is 6.68. The largest absolute Gasteiger partial charge is 0.573 e. The number of hydrogen-bond donors (Lipinski definition) is 2. The predicted molar refractivity (Wildman–Crippen MR) is 122 cm³/mol. The molecule has 2 aromatic carbocycles. The molecule has 0 aliphatic heterocycles. The van der Waals surface area contributed by atoms with E-state index in [4.69, 9.17) is 0 Å². The van der Waals surface area contributed by atoms with E-state index in [-0.39, 0.29) is 11.8 Å². The molecule has 0 radical (unpaired) electrons. The Hall–Kier alpha value is -2.81. The summed E-state index contributed by atoms with van der Waals surface area (Å²) in [7, 11) is 0. The molecule has 4 rings (SSSR count). The Bertz CT molecular complexity index is 1100. The highest BCUT2D eigenvalue weighted by atomic mass is 79.9. The van der Waals surface area contributed by atoms with Crippen LogP contribution in [0.15, 0.2) is 53.0 Å². The molecule has 0 atom stereocenters. The fourth-order valence-corrected chi connectivity index (χ4v) is 4.08. The number of nitrogens with zero attached hydrogens (tertiary/aromatic N) is 2. The SMILES string of the molecule is Cc1c(Br)cccc1Nc1cc(-c2cccc(OC(F)(F)F)c2)nc(NC2CCCC2)n1. The second-order valence-electron chi connectivity index (χ2n) is 7.70. The molecule has 1 aliphatic rings. The van der Waals surface area contributed by atoms with Gasteiger partial charge in [0.2, 0.25) is 5.95 Å². The fraction of sp³-hybridized carbons (Fsp3) is 0.304. The van der Waals surface area contributed by atoms with Crippen molar-refractivity contribution >= 4 is 33.4 Å². The standard InChI is InChI=1S/C23H22BrF3N4O/c1-14-18(24)10-5-11-19(14)29-21-13-20(30-22(31-21)28-16-7-2-3-8-16)15-6-4-9-17(12-15)32-23(25,26)27/h4-6,9-13,16H,2-3,7-8H2,1H3,(H2,28,29,30,31). The third kappa shape index (κ3) is 5.70. The number of aromatic nitrogens is 2. The normalized spacial score (nSPS) is 14.4. The first kappa shape index (κ1) is 22.4. The summed E-state index contributed by atoms with van der Waals surface area (Å²) >= 11 is 3.52. The molecule has 1 aliphatic carbocycles. The highest BCUT2D eigenvalue weighted by Gasteiger charge is 2.31. The molecular formula is C23H22BrF3N4O. The number of halogens is 4. The van der Waals surface area contributed by atoms with Gasteiger partial charge in [0, 0.05) is 27.8 Å². The van der Waals surface area contributed by atoms with Crippen molar-refractivity contribution in [1.29, 1.82) is 0 Å². The second kappa shape index (κ2) is 9.36. The van der Waals surface area contributed by atoms with Crippen LogP contribution >= 0.6 is 15.9 Å². The van der Waals surface area contributed by atoms with Crippen LogP contribution in [0.5, 0.6) is 5.75 Å². The Morgan fingerprint density at radius 3 is 2.53 bits per heavy atom. The highest BCUT2D eigenvalue weighted by Crippen LogP contribution is 2.31. The van der Waals surface area contributed by atoms with Gasteiger partial charge < -0.3 is 15.4 Å². The van der Waals surface area contributed by atoms with E-state index in [1.807, 2.05) is 25.1 Å². The Balaban J connectivity index is 1.70. The van der Waals surface area contributed by atoms with E-state index in [1.54, 1.807) is 12.1 Å². The molecule has 1 heterocycles. The van der Waals surface area contributed by atoms with Gasteiger partial charge in [-0.25, -0.2) is 4.98 Å². The molecule has 168 valence electrons. The Morgan fingerprint density at radius 1 is 1.03 bits per heavy atom. The van der Waals surface area contributed by atoms with Crippen molar-refractivity contribution in [3.63, 3.8) is 0 Å². The topological polar surface area (TPSA) is 59.1 Å². The molecule has 32 heavy (non-hydrogen) atoms. The zero-order valence-electron chi connectivity index (χ0n) is 17.3. The molecule has 3 aromatic rings. The number of nitrogens with one attached hydrogen (secondary N) is 2. The Morgan fingerprint density at radius 2 is 1.78 bits per heavy atom. The fourth-order valence-electron chi connectivity index (χ4n) is 3.71. The molecule has 0 bridgehead atoms. The first-order chi connectivity index (χ1) is 15.3. The summed E-state index contributed by atoms with van der Waals surface area (Å²) in [5.41, 5.74) is 2.87. The van der Waals surface area contributed by atoms with Crippen LogP contribution in [-0.2, 0) is 0 Å². The van der Waals surface area contributed by atoms with Crippen molar-refractivity contribution in [3.8, 4) is 17.0 Å². The van der Waals surface area contributed by atoms with Crippen molar-refractivity contribution in [1.82, 2.24) is 9.97 Å². The maximum atomic E-state index is 12.7. The minimum Gasteiger partial charge on any atom is -0.406 e. The van der Waals surface area contributed by atoms with Crippen molar-refractivity contribution in [2.24, 2.45) is 0 Å². The van der Waals surface area contributed by atoms with Gasteiger partial charge in [0.15, 0.2) is 0 Å². The minimum absolute atomic E-state index is 0.283. The van der Waals surface area contributed by atoms with Gasteiger partial charge in [-0.3, -0.25) is 0 Å². The summed E-state index contributed by atoms with van der Waals surface area (Å²) in [6, 6.07) is 13.6. The van der Waals surface area contributed by atoms with Crippen LogP contribution in [0.2, 0.25) is 0 Å². The van der Waals surface area contributed by atoms with Gasteiger partial charge in [0.05, 0.1) is 5.69 Å². The van der Waals surface area contributed by atoms with Crippen molar-refractivity contribution < 1.29 is 17.9 Å². The van der Waals surface area contributed by atoms with Crippen LogP contribution in [0.25, 0.3) is 11.3 Å². The first-order valence-electron chi connectivity index (χ1n) is 10.3. The van der Waals surface area contributed by atoms with Crippen LogP contribution in [0.3, 0.4) is 0 Å². The lowest BCUT2D eigenvalue weighted by molar-refractivity contribution is -0.274.